The van der Waals surface area contributed by atoms with Gasteiger partial charge in [0, 0.05) is 25.5 Å². The van der Waals surface area contributed by atoms with Gasteiger partial charge < -0.3 is 9.42 Å². The third kappa shape index (κ3) is 2.85. The normalized spacial score (nSPS) is 14.4. The average molecular weight is 360 g/mol. The summed E-state index contributed by atoms with van der Waals surface area (Å²) in [5, 5.41) is 3.97. The zero-order valence-electron chi connectivity index (χ0n) is 12.8. The summed E-state index contributed by atoms with van der Waals surface area (Å²) in [6.45, 7) is 0.706. The van der Waals surface area contributed by atoms with E-state index in [4.69, 9.17) is 16.1 Å². The van der Waals surface area contributed by atoms with Crippen molar-refractivity contribution in [2.24, 2.45) is 0 Å². The van der Waals surface area contributed by atoms with Gasteiger partial charge in [-0.3, -0.25) is 9.78 Å². The summed E-state index contributed by atoms with van der Waals surface area (Å²) in [6.07, 6.45) is 4.62. The fourth-order valence-corrected chi connectivity index (χ4v) is 2.82. The van der Waals surface area contributed by atoms with E-state index in [1.165, 1.54) is 35.5 Å². The molecule has 1 saturated heterocycles. The Kier molecular flexibility index (Phi) is 3.89. The maximum Gasteiger partial charge on any atom is 0.258 e. The van der Waals surface area contributed by atoms with Crippen LogP contribution in [0.15, 0.2) is 41.3 Å². The number of rotatable bonds is 3. The molecule has 3 aromatic rings. The average Bonchev–Trinajstić information content (AvgIpc) is 3.04. The topological polar surface area (TPSA) is 85.0 Å². The first kappa shape index (κ1) is 15.6. The van der Waals surface area contributed by atoms with E-state index in [-0.39, 0.29) is 16.5 Å². The summed E-state index contributed by atoms with van der Waals surface area (Å²) < 4.78 is 19.1. The molecule has 0 bridgehead atoms. The van der Waals surface area contributed by atoms with Crippen molar-refractivity contribution in [3.05, 3.63) is 59.1 Å². The van der Waals surface area contributed by atoms with Gasteiger partial charge in [0.15, 0.2) is 0 Å². The summed E-state index contributed by atoms with van der Waals surface area (Å²) in [6, 6.07) is 4.15. The highest BCUT2D eigenvalue weighted by molar-refractivity contribution is 6.33. The summed E-state index contributed by atoms with van der Waals surface area (Å²) in [7, 11) is 0. The first-order valence-electron chi connectivity index (χ1n) is 7.47. The van der Waals surface area contributed by atoms with E-state index in [0.717, 1.165) is 0 Å². The molecule has 2 aromatic heterocycles. The zero-order chi connectivity index (χ0) is 17.4. The number of hydrogen-bond donors (Lipinski definition) is 0. The standard InChI is InChI=1S/C16H11ClFN5O2/c17-10-2-1-3-11(18)13(10)16(24)23-7-9(8-23)15-21-14(22-25-15)12-6-19-4-5-20-12/h1-6,9H,7-8H2. The van der Waals surface area contributed by atoms with Crippen LogP contribution in [0.5, 0.6) is 0 Å². The van der Waals surface area contributed by atoms with Crippen LogP contribution < -0.4 is 0 Å². The molecule has 0 N–H and O–H groups in total. The molecule has 0 atom stereocenters. The third-order valence-electron chi connectivity index (χ3n) is 3.93. The molecule has 7 nitrogen and oxygen atoms in total. The first-order valence-corrected chi connectivity index (χ1v) is 7.84. The molecule has 0 unspecified atom stereocenters. The van der Waals surface area contributed by atoms with Crippen LogP contribution in [-0.2, 0) is 0 Å². The van der Waals surface area contributed by atoms with Crippen LogP contribution >= 0.6 is 11.6 Å². The van der Waals surface area contributed by atoms with Crippen molar-refractivity contribution >= 4 is 17.5 Å². The fourth-order valence-electron chi connectivity index (χ4n) is 2.58. The molecule has 1 amide bonds. The summed E-state index contributed by atoms with van der Waals surface area (Å²) in [5.41, 5.74) is 0.385. The third-order valence-corrected chi connectivity index (χ3v) is 4.24. The number of carbonyl (C=O) groups excluding carboxylic acids is 1. The van der Waals surface area contributed by atoms with E-state index in [0.29, 0.717) is 30.5 Å². The Bertz CT molecular complexity index is 907. The van der Waals surface area contributed by atoms with E-state index in [1.54, 1.807) is 6.20 Å². The second-order valence-corrected chi connectivity index (χ2v) is 5.96. The van der Waals surface area contributed by atoms with Crippen LogP contribution in [-0.4, -0.2) is 44.0 Å². The highest BCUT2D eigenvalue weighted by Gasteiger charge is 2.37. The molecular weight excluding hydrogens is 349 g/mol. The van der Waals surface area contributed by atoms with Gasteiger partial charge >= 0.3 is 0 Å². The number of benzene rings is 1. The van der Waals surface area contributed by atoms with E-state index >= 15 is 0 Å². The molecule has 1 fully saturated rings. The van der Waals surface area contributed by atoms with Crippen LogP contribution in [0, 0.1) is 5.82 Å². The minimum atomic E-state index is -0.635. The number of nitrogens with zero attached hydrogens (tertiary/aromatic N) is 5. The highest BCUT2D eigenvalue weighted by Crippen LogP contribution is 2.30. The number of amides is 1. The largest absolute Gasteiger partial charge is 0.338 e. The SMILES string of the molecule is O=C(c1c(F)cccc1Cl)N1CC(c2nc(-c3cnccn3)no2)C1. The van der Waals surface area contributed by atoms with Crippen molar-refractivity contribution in [3.8, 4) is 11.5 Å². The van der Waals surface area contributed by atoms with Crippen molar-refractivity contribution in [1.29, 1.82) is 0 Å². The molecule has 1 aliphatic heterocycles. The predicted molar refractivity (Wildman–Crippen MR) is 85.4 cm³/mol. The Morgan fingerprint density at radius 1 is 1.32 bits per heavy atom. The van der Waals surface area contributed by atoms with Crippen molar-refractivity contribution in [1.82, 2.24) is 25.0 Å². The molecule has 25 heavy (non-hydrogen) atoms. The van der Waals surface area contributed by atoms with Crippen molar-refractivity contribution < 1.29 is 13.7 Å². The number of likely N-dealkylation sites (tertiary alicyclic amines) is 1. The Balaban J connectivity index is 1.46. The van der Waals surface area contributed by atoms with Gasteiger partial charge in [-0.1, -0.05) is 22.8 Å². The molecule has 0 radical (unpaired) electrons. The molecule has 0 aliphatic carbocycles. The number of halogens is 2. The number of carbonyl (C=O) groups is 1. The zero-order valence-corrected chi connectivity index (χ0v) is 13.5. The maximum absolute atomic E-state index is 13.8. The van der Waals surface area contributed by atoms with Crippen molar-refractivity contribution in [2.75, 3.05) is 13.1 Å². The Morgan fingerprint density at radius 3 is 2.88 bits per heavy atom. The van der Waals surface area contributed by atoms with Gasteiger partial charge in [-0.05, 0) is 12.1 Å². The monoisotopic (exact) mass is 359 g/mol. The van der Waals surface area contributed by atoms with Crippen LogP contribution in [0.2, 0.25) is 5.02 Å². The first-order chi connectivity index (χ1) is 12.1. The van der Waals surface area contributed by atoms with E-state index < -0.39 is 11.7 Å². The molecular formula is C16H11ClFN5O2. The lowest BCUT2D eigenvalue weighted by Crippen LogP contribution is -2.48. The summed E-state index contributed by atoms with van der Waals surface area (Å²) >= 11 is 5.93. The lowest BCUT2D eigenvalue weighted by atomic mass is 9.98. The predicted octanol–water partition coefficient (Wildman–Crippen LogP) is 2.56. The molecule has 1 aromatic carbocycles. The summed E-state index contributed by atoms with van der Waals surface area (Å²) in [4.78, 5) is 26.2. The second-order valence-electron chi connectivity index (χ2n) is 5.55. The highest BCUT2D eigenvalue weighted by atomic mass is 35.5. The molecule has 9 heteroatoms. The molecule has 126 valence electrons. The lowest BCUT2D eigenvalue weighted by molar-refractivity contribution is 0.0564. The molecule has 3 heterocycles. The maximum atomic E-state index is 13.8. The molecule has 0 saturated carbocycles. The van der Waals surface area contributed by atoms with Crippen LogP contribution in [0.25, 0.3) is 11.5 Å². The minimum Gasteiger partial charge on any atom is -0.338 e. The van der Waals surface area contributed by atoms with Gasteiger partial charge in [-0.15, -0.1) is 0 Å². The molecule has 4 rings (SSSR count). The van der Waals surface area contributed by atoms with Crippen molar-refractivity contribution in [3.63, 3.8) is 0 Å². The molecule has 1 aliphatic rings. The Morgan fingerprint density at radius 2 is 2.16 bits per heavy atom. The van der Waals surface area contributed by atoms with Crippen LogP contribution in [0.3, 0.4) is 0 Å². The number of hydrogen-bond acceptors (Lipinski definition) is 6. The smallest absolute Gasteiger partial charge is 0.258 e. The van der Waals surface area contributed by atoms with E-state index in [2.05, 4.69) is 20.1 Å². The lowest BCUT2D eigenvalue weighted by Gasteiger charge is -2.37. The molecule has 0 spiro atoms. The Hall–Kier alpha value is -2.87. The van der Waals surface area contributed by atoms with Crippen molar-refractivity contribution in [2.45, 2.75) is 5.92 Å². The van der Waals surface area contributed by atoms with Gasteiger partial charge in [0.2, 0.25) is 11.7 Å². The fraction of sp³-hybridized carbons (Fsp3) is 0.188. The second kappa shape index (κ2) is 6.21. The van der Waals surface area contributed by atoms with Crippen LogP contribution in [0.4, 0.5) is 4.39 Å². The summed E-state index contributed by atoms with van der Waals surface area (Å²) in [5.74, 6) is -0.446. The van der Waals surface area contributed by atoms with Gasteiger partial charge in [0.05, 0.1) is 22.7 Å². The van der Waals surface area contributed by atoms with Gasteiger partial charge in [-0.25, -0.2) is 9.37 Å². The minimum absolute atomic E-state index is 0.0937. The number of aromatic nitrogens is 4. The van der Waals surface area contributed by atoms with Gasteiger partial charge in [0.25, 0.3) is 5.91 Å². The Labute approximate surface area is 146 Å². The quantitative estimate of drug-likeness (QED) is 0.714. The van der Waals surface area contributed by atoms with Gasteiger partial charge in [0.1, 0.15) is 11.5 Å². The van der Waals surface area contributed by atoms with Crippen LogP contribution in [0.1, 0.15) is 22.2 Å². The van der Waals surface area contributed by atoms with Gasteiger partial charge in [-0.2, -0.15) is 4.98 Å². The van der Waals surface area contributed by atoms with E-state index in [9.17, 15) is 9.18 Å². The van der Waals surface area contributed by atoms with E-state index in [1.807, 2.05) is 0 Å².